The highest BCUT2D eigenvalue weighted by Crippen LogP contribution is 2.34. The van der Waals surface area contributed by atoms with Gasteiger partial charge >= 0.3 is 0 Å². The Balaban J connectivity index is 0.00000338. The van der Waals surface area contributed by atoms with Gasteiger partial charge in [0, 0.05) is 37.0 Å². The van der Waals surface area contributed by atoms with Gasteiger partial charge in [0.1, 0.15) is 4.21 Å². The number of thiophene rings is 1. The predicted octanol–water partition coefficient (Wildman–Crippen LogP) is 2.48. The summed E-state index contributed by atoms with van der Waals surface area (Å²) < 4.78 is 28.2. The molecule has 26 heavy (non-hydrogen) atoms. The molecule has 6 nitrogen and oxygen atoms in total. The van der Waals surface area contributed by atoms with Gasteiger partial charge in [0.05, 0.1) is 0 Å². The lowest BCUT2D eigenvalue weighted by Gasteiger charge is -2.34. The van der Waals surface area contributed by atoms with E-state index in [-0.39, 0.29) is 36.2 Å². The monoisotopic (exact) mass is 423 g/mol. The Morgan fingerprint density at radius 3 is 2.62 bits per heavy atom. The minimum Gasteiger partial charge on any atom is -0.354 e. The quantitative estimate of drug-likeness (QED) is 0.735. The molecule has 0 spiro atoms. The van der Waals surface area contributed by atoms with Crippen molar-refractivity contribution < 1.29 is 13.2 Å². The minimum absolute atomic E-state index is 0. The van der Waals surface area contributed by atoms with Crippen LogP contribution in [0.4, 0.5) is 0 Å². The van der Waals surface area contributed by atoms with Gasteiger partial charge in [-0.1, -0.05) is 27.2 Å². The summed E-state index contributed by atoms with van der Waals surface area (Å²) in [5.74, 6) is -0.128. The van der Waals surface area contributed by atoms with Gasteiger partial charge in [-0.15, -0.1) is 23.7 Å². The summed E-state index contributed by atoms with van der Waals surface area (Å²) in [6.07, 6.45) is 2.85. The molecule has 1 aliphatic rings. The van der Waals surface area contributed by atoms with E-state index < -0.39 is 10.0 Å². The van der Waals surface area contributed by atoms with Gasteiger partial charge in [0.15, 0.2) is 0 Å². The smallest absolute Gasteiger partial charge is 0.252 e. The zero-order valence-corrected chi connectivity index (χ0v) is 18.1. The van der Waals surface area contributed by atoms with Crippen LogP contribution in [-0.2, 0) is 20.2 Å². The summed E-state index contributed by atoms with van der Waals surface area (Å²) in [6, 6.07) is 3.42. The second-order valence-corrected chi connectivity index (χ2v) is 10.7. The van der Waals surface area contributed by atoms with Gasteiger partial charge in [0.2, 0.25) is 5.91 Å². The van der Waals surface area contributed by atoms with Gasteiger partial charge in [0.25, 0.3) is 10.0 Å². The van der Waals surface area contributed by atoms with E-state index in [1.165, 1.54) is 11.3 Å². The highest BCUT2D eigenvalue weighted by atomic mass is 35.5. The number of nitrogens with two attached hydrogens (primary N) is 1. The van der Waals surface area contributed by atoms with E-state index in [0.29, 0.717) is 23.8 Å². The molecule has 0 bridgehead atoms. The molecule has 1 aliphatic heterocycles. The molecule has 2 rings (SSSR count). The molecule has 0 aliphatic carbocycles. The Bertz CT molecular complexity index is 698. The van der Waals surface area contributed by atoms with Gasteiger partial charge in [-0.3, -0.25) is 4.79 Å². The number of halogens is 1. The number of amides is 1. The predicted molar refractivity (Wildman–Crippen MR) is 108 cm³/mol. The van der Waals surface area contributed by atoms with Crippen LogP contribution in [0.2, 0.25) is 0 Å². The van der Waals surface area contributed by atoms with Crippen molar-refractivity contribution in [1.29, 1.82) is 0 Å². The molecular weight excluding hydrogens is 394 g/mol. The molecule has 1 aromatic heterocycles. The SMILES string of the molecule is CC(C)(C)c1ccc(S(=O)(=O)N2CCCCC2CNC(=O)CCN)s1.Cl. The van der Waals surface area contributed by atoms with Crippen molar-refractivity contribution in [2.45, 2.75) is 62.1 Å². The lowest BCUT2D eigenvalue weighted by Crippen LogP contribution is -2.49. The second-order valence-electron chi connectivity index (χ2n) is 7.48. The lowest BCUT2D eigenvalue weighted by atomic mass is 9.95. The lowest BCUT2D eigenvalue weighted by molar-refractivity contribution is -0.121. The Hall–Kier alpha value is -0.670. The minimum atomic E-state index is -3.53. The average molecular weight is 424 g/mol. The fraction of sp³-hybridized carbons (Fsp3) is 0.706. The molecule has 0 radical (unpaired) electrons. The molecule has 1 fully saturated rings. The zero-order chi connectivity index (χ0) is 18.7. The molecular formula is C17H30ClN3O3S2. The summed E-state index contributed by atoms with van der Waals surface area (Å²) in [5, 5.41) is 2.81. The summed E-state index contributed by atoms with van der Waals surface area (Å²) in [6.45, 7) is 7.37. The van der Waals surface area contributed by atoms with Crippen LogP contribution in [0.25, 0.3) is 0 Å². The van der Waals surface area contributed by atoms with E-state index in [2.05, 4.69) is 26.1 Å². The molecule has 1 unspecified atom stereocenters. The number of piperidine rings is 1. The third kappa shape index (κ3) is 5.66. The number of nitrogens with zero attached hydrogens (tertiary/aromatic N) is 1. The Labute approximate surface area is 167 Å². The number of rotatable bonds is 6. The first-order valence-corrected chi connectivity index (χ1v) is 11.0. The molecule has 9 heteroatoms. The van der Waals surface area contributed by atoms with Gasteiger partial charge in [-0.05, 0) is 30.4 Å². The fourth-order valence-electron chi connectivity index (χ4n) is 2.92. The number of carbonyl (C=O) groups excluding carboxylic acids is 1. The number of carbonyl (C=O) groups is 1. The maximum Gasteiger partial charge on any atom is 0.252 e. The first kappa shape index (κ1) is 23.4. The molecule has 1 amide bonds. The summed E-state index contributed by atoms with van der Waals surface area (Å²) in [5.41, 5.74) is 5.31. The zero-order valence-electron chi connectivity index (χ0n) is 15.7. The van der Waals surface area contributed by atoms with Gasteiger partial charge in [-0.25, -0.2) is 8.42 Å². The molecule has 1 aromatic rings. The topological polar surface area (TPSA) is 92.5 Å². The van der Waals surface area contributed by atoms with E-state index in [1.807, 2.05) is 6.07 Å². The highest BCUT2D eigenvalue weighted by Gasteiger charge is 2.35. The molecule has 1 saturated heterocycles. The van der Waals surface area contributed by atoms with E-state index >= 15 is 0 Å². The van der Waals surface area contributed by atoms with Crippen molar-refractivity contribution in [2.24, 2.45) is 5.73 Å². The van der Waals surface area contributed by atoms with Crippen LogP contribution in [0.15, 0.2) is 16.3 Å². The van der Waals surface area contributed by atoms with Crippen LogP contribution < -0.4 is 11.1 Å². The van der Waals surface area contributed by atoms with Crippen molar-refractivity contribution >= 4 is 39.7 Å². The standard InChI is InChI=1S/C17H29N3O3S2.ClH/c1-17(2,3)14-7-8-16(24-14)25(22,23)20-11-5-4-6-13(20)12-19-15(21)9-10-18;/h7-8,13H,4-6,9-12,18H2,1-3H3,(H,19,21);1H. The average Bonchev–Trinajstić information content (AvgIpc) is 3.04. The van der Waals surface area contributed by atoms with E-state index in [0.717, 1.165) is 24.1 Å². The summed E-state index contributed by atoms with van der Waals surface area (Å²) in [4.78, 5) is 12.7. The van der Waals surface area contributed by atoms with E-state index in [9.17, 15) is 13.2 Å². The largest absolute Gasteiger partial charge is 0.354 e. The van der Waals surface area contributed by atoms with Crippen LogP contribution in [0.3, 0.4) is 0 Å². The number of hydrogen-bond donors (Lipinski definition) is 2. The molecule has 1 atom stereocenters. The van der Waals surface area contributed by atoms with Crippen molar-refractivity contribution in [2.75, 3.05) is 19.6 Å². The maximum atomic E-state index is 13.1. The van der Waals surface area contributed by atoms with Crippen molar-refractivity contribution in [3.63, 3.8) is 0 Å². The maximum absolute atomic E-state index is 13.1. The molecule has 0 aromatic carbocycles. The van der Waals surface area contributed by atoms with Crippen LogP contribution in [-0.4, -0.2) is 44.3 Å². The van der Waals surface area contributed by atoms with Crippen LogP contribution >= 0.6 is 23.7 Å². The summed E-state index contributed by atoms with van der Waals surface area (Å²) >= 11 is 1.34. The third-order valence-electron chi connectivity index (χ3n) is 4.36. The first-order chi connectivity index (χ1) is 11.7. The number of nitrogens with one attached hydrogen (secondary N) is 1. The van der Waals surface area contributed by atoms with Crippen molar-refractivity contribution in [1.82, 2.24) is 9.62 Å². The Morgan fingerprint density at radius 2 is 2.04 bits per heavy atom. The van der Waals surface area contributed by atoms with E-state index in [4.69, 9.17) is 5.73 Å². The fourth-order valence-corrected chi connectivity index (χ4v) is 6.11. The number of hydrogen-bond acceptors (Lipinski definition) is 5. The second kappa shape index (κ2) is 9.50. The van der Waals surface area contributed by atoms with Gasteiger partial charge in [-0.2, -0.15) is 4.31 Å². The van der Waals surface area contributed by atoms with Gasteiger partial charge < -0.3 is 11.1 Å². The highest BCUT2D eigenvalue weighted by molar-refractivity contribution is 7.91. The molecule has 3 N–H and O–H groups in total. The summed E-state index contributed by atoms with van der Waals surface area (Å²) in [7, 11) is -3.53. The molecule has 2 heterocycles. The molecule has 150 valence electrons. The first-order valence-electron chi connectivity index (χ1n) is 8.75. The number of sulfonamides is 1. The van der Waals surface area contributed by atoms with Crippen molar-refractivity contribution in [3.8, 4) is 0 Å². The van der Waals surface area contributed by atoms with Crippen molar-refractivity contribution in [3.05, 3.63) is 17.0 Å². The third-order valence-corrected chi connectivity index (χ3v) is 8.29. The van der Waals surface area contributed by atoms with Crippen LogP contribution in [0.1, 0.15) is 51.3 Å². The Kier molecular flexibility index (Phi) is 8.54. The molecule has 0 saturated carbocycles. The normalized spacial score (nSPS) is 19.0. The van der Waals surface area contributed by atoms with E-state index in [1.54, 1.807) is 10.4 Å². The van der Waals surface area contributed by atoms with Crippen LogP contribution in [0, 0.1) is 0 Å². The Morgan fingerprint density at radius 1 is 1.35 bits per heavy atom. The van der Waals surface area contributed by atoms with Crippen LogP contribution in [0.5, 0.6) is 0 Å².